The van der Waals surface area contributed by atoms with Crippen molar-refractivity contribution < 1.29 is 23.1 Å². The lowest BCUT2D eigenvalue weighted by molar-refractivity contribution is -0.312. The number of carbonyl (C=O) groups is 1. The van der Waals surface area contributed by atoms with Crippen molar-refractivity contribution in [3.63, 3.8) is 0 Å². The van der Waals surface area contributed by atoms with Gasteiger partial charge in [-0.3, -0.25) is 9.69 Å². The number of aliphatic hydroxyl groups is 1. The van der Waals surface area contributed by atoms with Crippen LogP contribution in [0.5, 0.6) is 0 Å². The number of halogens is 3. The van der Waals surface area contributed by atoms with Crippen LogP contribution in [0.2, 0.25) is 0 Å². The molecule has 1 aliphatic carbocycles. The van der Waals surface area contributed by atoms with Gasteiger partial charge in [-0.1, -0.05) is 42.5 Å². The minimum atomic E-state index is -4.93. The predicted molar refractivity (Wildman–Crippen MR) is 78.0 cm³/mol. The maximum Gasteiger partial charge on any atom is 0.437 e. The molecule has 3 nitrogen and oxygen atoms in total. The van der Waals surface area contributed by atoms with E-state index in [1.807, 2.05) is 0 Å². The van der Waals surface area contributed by atoms with Gasteiger partial charge in [-0.05, 0) is 24.0 Å². The third-order valence-corrected chi connectivity index (χ3v) is 4.25. The van der Waals surface area contributed by atoms with Crippen molar-refractivity contribution in [2.24, 2.45) is 0 Å². The van der Waals surface area contributed by atoms with Crippen LogP contribution in [0.4, 0.5) is 13.2 Å². The van der Waals surface area contributed by atoms with E-state index in [0.717, 1.165) is 0 Å². The molecule has 1 unspecified atom stereocenters. The van der Waals surface area contributed by atoms with Gasteiger partial charge >= 0.3 is 6.18 Å². The molecule has 23 heavy (non-hydrogen) atoms. The van der Waals surface area contributed by atoms with E-state index in [4.69, 9.17) is 0 Å². The van der Waals surface area contributed by atoms with Crippen LogP contribution in [0.25, 0.3) is 0 Å². The Labute approximate surface area is 131 Å². The van der Waals surface area contributed by atoms with Crippen molar-refractivity contribution in [2.45, 2.75) is 37.7 Å². The Balaban J connectivity index is 2.03. The number of fused-ring (bicyclic) bond motifs is 1. The van der Waals surface area contributed by atoms with E-state index in [2.05, 4.69) is 0 Å². The number of likely N-dealkylation sites (tertiary alicyclic amines) is 1. The highest BCUT2D eigenvalue weighted by Crippen LogP contribution is 2.45. The van der Waals surface area contributed by atoms with E-state index in [1.165, 1.54) is 0 Å². The monoisotopic (exact) mass is 323 g/mol. The summed E-state index contributed by atoms with van der Waals surface area (Å²) in [6, 6.07) is 8.36. The average molecular weight is 323 g/mol. The first-order chi connectivity index (χ1) is 10.8. The van der Waals surface area contributed by atoms with E-state index < -0.39 is 24.2 Å². The topological polar surface area (TPSA) is 40.5 Å². The lowest BCUT2D eigenvalue weighted by Crippen LogP contribution is -2.63. The zero-order valence-electron chi connectivity index (χ0n) is 12.3. The zero-order chi connectivity index (χ0) is 16.7. The minimum absolute atomic E-state index is 0.279. The van der Waals surface area contributed by atoms with E-state index in [1.54, 1.807) is 42.5 Å². The van der Waals surface area contributed by atoms with Gasteiger partial charge in [0.15, 0.2) is 0 Å². The summed E-state index contributed by atoms with van der Waals surface area (Å²) in [7, 11) is 0. The Morgan fingerprint density at radius 2 is 1.78 bits per heavy atom. The van der Waals surface area contributed by atoms with Crippen molar-refractivity contribution >= 4 is 5.91 Å². The lowest BCUT2D eigenvalue weighted by Gasteiger charge is -2.45. The Morgan fingerprint density at radius 3 is 2.43 bits per heavy atom. The molecule has 0 radical (unpaired) electrons. The fourth-order valence-corrected chi connectivity index (χ4v) is 3.01. The fourth-order valence-electron chi connectivity index (χ4n) is 3.01. The van der Waals surface area contributed by atoms with Crippen LogP contribution in [0, 0.1) is 0 Å². The molecule has 1 aromatic carbocycles. The number of piperidine rings is 1. The summed E-state index contributed by atoms with van der Waals surface area (Å²) in [6.45, 7) is -0.291. The molecule has 1 heterocycles. The molecule has 0 aromatic heterocycles. The van der Waals surface area contributed by atoms with Gasteiger partial charge in [0.25, 0.3) is 5.91 Å². The summed E-state index contributed by atoms with van der Waals surface area (Å²) in [5, 5.41) is 10.4. The molecule has 1 atom stereocenters. The van der Waals surface area contributed by atoms with Crippen molar-refractivity contribution in [3.8, 4) is 0 Å². The van der Waals surface area contributed by atoms with E-state index in [9.17, 15) is 23.1 Å². The zero-order valence-corrected chi connectivity index (χ0v) is 12.3. The number of alkyl halides is 3. The summed E-state index contributed by atoms with van der Waals surface area (Å²) in [5.41, 5.74) is -2.08. The molecule has 2 aliphatic rings. The molecular weight excluding hydrogens is 307 g/mol. The van der Waals surface area contributed by atoms with Crippen LogP contribution in [0.15, 0.2) is 53.6 Å². The van der Waals surface area contributed by atoms with Crippen molar-refractivity contribution in [1.29, 1.82) is 0 Å². The molecule has 122 valence electrons. The normalized spacial score (nSPS) is 24.9. The number of rotatable bonds is 2. The molecule has 0 bridgehead atoms. The molecule has 0 spiro atoms. The summed E-state index contributed by atoms with van der Waals surface area (Å²) in [6.07, 6.45) is -1.08. The number of hydrogen-bond acceptors (Lipinski definition) is 2. The van der Waals surface area contributed by atoms with Crippen LogP contribution in [-0.2, 0) is 11.3 Å². The summed E-state index contributed by atoms with van der Waals surface area (Å²) >= 11 is 0. The molecule has 0 saturated carbocycles. The van der Waals surface area contributed by atoms with Crippen LogP contribution in [0.3, 0.4) is 0 Å². The van der Waals surface area contributed by atoms with Crippen molar-refractivity contribution in [2.75, 3.05) is 0 Å². The first-order valence-corrected chi connectivity index (χ1v) is 7.37. The van der Waals surface area contributed by atoms with Crippen molar-refractivity contribution in [1.82, 2.24) is 4.90 Å². The Morgan fingerprint density at radius 1 is 1.13 bits per heavy atom. The Hall–Kier alpha value is -2.08. The van der Waals surface area contributed by atoms with Crippen LogP contribution in [-0.4, -0.2) is 27.8 Å². The summed E-state index contributed by atoms with van der Waals surface area (Å²) in [5.74, 6) is -0.772. The van der Waals surface area contributed by atoms with Crippen molar-refractivity contribution in [3.05, 3.63) is 59.2 Å². The summed E-state index contributed by atoms with van der Waals surface area (Å²) < 4.78 is 40.6. The van der Waals surface area contributed by atoms with Gasteiger partial charge in [-0.2, -0.15) is 13.2 Å². The highest BCUT2D eigenvalue weighted by molar-refractivity contribution is 5.99. The van der Waals surface area contributed by atoms with Gasteiger partial charge in [0, 0.05) is 18.5 Å². The number of hydrogen-bond donors (Lipinski definition) is 1. The quantitative estimate of drug-likeness (QED) is 0.907. The van der Waals surface area contributed by atoms with Crippen LogP contribution in [0.1, 0.15) is 24.8 Å². The van der Waals surface area contributed by atoms with E-state index >= 15 is 0 Å². The summed E-state index contributed by atoms with van der Waals surface area (Å²) in [4.78, 5) is 13.1. The van der Waals surface area contributed by atoms with E-state index in [0.29, 0.717) is 23.3 Å². The molecule has 1 fully saturated rings. The average Bonchev–Trinajstić information content (AvgIpc) is 2.51. The third-order valence-electron chi connectivity index (χ3n) is 4.25. The largest absolute Gasteiger partial charge is 0.437 e. The number of nitrogens with zero attached hydrogens (tertiary/aromatic N) is 1. The van der Waals surface area contributed by atoms with Gasteiger partial charge in [-0.15, -0.1) is 0 Å². The lowest BCUT2D eigenvalue weighted by atomic mass is 9.84. The predicted octanol–water partition coefficient (Wildman–Crippen LogP) is 3.32. The number of allylic oxidation sites excluding steroid dienone is 2. The minimum Gasteiger partial charge on any atom is -0.363 e. The second-order valence-corrected chi connectivity index (χ2v) is 5.79. The SMILES string of the molecule is O=C1C2=CCCC=C2CC(O)(C(F)(F)F)N1Cc1ccccc1. The molecule has 1 amide bonds. The second-order valence-electron chi connectivity index (χ2n) is 5.79. The standard InChI is InChI=1S/C17H16F3NO2/c18-17(19,20)16(23)10-13-8-4-5-9-14(13)15(22)21(16)11-12-6-2-1-3-7-12/h1-3,6-9,23H,4-5,10-11H2. The third kappa shape index (κ3) is 2.67. The van der Waals surface area contributed by atoms with Crippen LogP contribution < -0.4 is 0 Å². The molecule has 6 heteroatoms. The first-order valence-electron chi connectivity index (χ1n) is 7.37. The van der Waals surface area contributed by atoms with Gasteiger partial charge < -0.3 is 5.11 Å². The maximum atomic E-state index is 13.5. The molecule has 1 N–H and O–H groups in total. The maximum absolute atomic E-state index is 13.5. The highest BCUT2D eigenvalue weighted by Gasteiger charge is 2.62. The second kappa shape index (κ2) is 5.53. The number of amides is 1. The Bertz CT molecular complexity index is 679. The molecular formula is C17H16F3NO2. The van der Waals surface area contributed by atoms with Gasteiger partial charge in [-0.25, -0.2) is 0 Å². The smallest absolute Gasteiger partial charge is 0.363 e. The molecule has 1 aromatic rings. The van der Waals surface area contributed by atoms with Gasteiger partial charge in [0.1, 0.15) is 0 Å². The first kappa shape index (κ1) is 15.8. The van der Waals surface area contributed by atoms with E-state index in [-0.39, 0.29) is 17.7 Å². The number of benzene rings is 1. The van der Waals surface area contributed by atoms with Gasteiger partial charge in [0.2, 0.25) is 5.72 Å². The van der Waals surface area contributed by atoms with Gasteiger partial charge in [0.05, 0.1) is 0 Å². The number of carbonyl (C=O) groups excluding carboxylic acids is 1. The fraction of sp³-hybridized carbons (Fsp3) is 0.353. The molecule has 1 saturated heterocycles. The Kier molecular flexibility index (Phi) is 3.80. The molecule has 1 aliphatic heterocycles. The van der Waals surface area contributed by atoms with Crippen LogP contribution >= 0.6 is 0 Å². The highest BCUT2D eigenvalue weighted by atomic mass is 19.4. The molecule has 3 rings (SSSR count).